The minimum absolute atomic E-state index is 0.00925. The van der Waals surface area contributed by atoms with Crippen LogP contribution < -0.4 is 11.1 Å². The zero-order valence-corrected chi connectivity index (χ0v) is 13.5. The van der Waals surface area contributed by atoms with E-state index in [1.54, 1.807) is 16.7 Å². The van der Waals surface area contributed by atoms with E-state index in [-0.39, 0.29) is 5.91 Å². The molecule has 0 aliphatic carbocycles. The lowest BCUT2D eigenvalue weighted by molar-refractivity contribution is -0.121. The minimum atomic E-state index is -0.00925. The van der Waals surface area contributed by atoms with Crippen LogP contribution in [-0.4, -0.2) is 22.0 Å². The van der Waals surface area contributed by atoms with E-state index in [1.165, 1.54) is 0 Å². The molecule has 0 aliphatic heterocycles. The van der Waals surface area contributed by atoms with Crippen LogP contribution in [0, 0.1) is 5.92 Å². The average Bonchev–Trinajstić information content (AvgIpc) is 2.70. The summed E-state index contributed by atoms with van der Waals surface area (Å²) in [4.78, 5) is 16.0. The number of aryl methyl sites for hydroxylation is 1. The Balaban J connectivity index is 2.13. The minimum Gasteiger partial charge on any atom is -0.369 e. The van der Waals surface area contributed by atoms with E-state index in [4.69, 9.17) is 28.9 Å². The van der Waals surface area contributed by atoms with Gasteiger partial charge in [0.15, 0.2) is 0 Å². The zero-order valence-electron chi connectivity index (χ0n) is 12.0. The van der Waals surface area contributed by atoms with Crippen molar-refractivity contribution in [2.24, 2.45) is 5.92 Å². The molecular formula is C14H18Cl2N4O. The Kier molecular flexibility index (Phi) is 4.96. The van der Waals surface area contributed by atoms with Gasteiger partial charge in [-0.3, -0.25) is 4.79 Å². The number of amides is 1. The van der Waals surface area contributed by atoms with Gasteiger partial charge >= 0.3 is 0 Å². The highest BCUT2D eigenvalue weighted by Gasteiger charge is 2.12. The SMILES string of the molecule is CC(C)CNC(=O)CCn1c(N)nc2cc(Cl)c(Cl)cc21. The molecule has 1 heterocycles. The van der Waals surface area contributed by atoms with Gasteiger partial charge in [0, 0.05) is 19.5 Å². The molecule has 1 amide bonds. The van der Waals surface area contributed by atoms with E-state index >= 15 is 0 Å². The molecule has 7 heteroatoms. The largest absolute Gasteiger partial charge is 0.369 e. The van der Waals surface area contributed by atoms with Gasteiger partial charge in [0.2, 0.25) is 11.9 Å². The molecule has 0 radical (unpaired) electrons. The van der Waals surface area contributed by atoms with Crippen LogP contribution in [0.25, 0.3) is 11.0 Å². The highest BCUT2D eigenvalue weighted by Crippen LogP contribution is 2.29. The third-order valence-electron chi connectivity index (χ3n) is 3.09. The number of aromatic nitrogens is 2. The van der Waals surface area contributed by atoms with Crippen molar-refractivity contribution in [3.05, 3.63) is 22.2 Å². The number of nitrogen functional groups attached to an aromatic ring is 1. The molecule has 0 aliphatic rings. The monoisotopic (exact) mass is 328 g/mol. The van der Waals surface area contributed by atoms with Gasteiger partial charge in [0.25, 0.3) is 0 Å². The second kappa shape index (κ2) is 6.54. The number of fused-ring (bicyclic) bond motifs is 1. The van der Waals surface area contributed by atoms with Crippen LogP contribution in [0.15, 0.2) is 12.1 Å². The average molecular weight is 329 g/mol. The number of rotatable bonds is 5. The summed E-state index contributed by atoms with van der Waals surface area (Å²) in [5.41, 5.74) is 7.34. The van der Waals surface area contributed by atoms with Gasteiger partial charge in [-0.05, 0) is 18.1 Å². The molecule has 0 saturated carbocycles. The molecule has 3 N–H and O–H groups in total. The number of carbonyl (C=O) groups is 1. The summed E-state index contributed by atoms with van der Waals surface area (Å²) in [5.74, 6) is 0.763. The Labute approximate surface area is 133 Å². The van der Waals surface area contributed by atoms with Crippen LogP contribution in [0.3, 0.4) is 0 Å². The Morgan fingerprint density at radius 3 is 2.71 bits per heavy atom. The number of nitrogens with one attached hydrogen (secondary N) is 1. The Morgan fingerprint density at radius 2 is 2.05 bits per heavy atom. The first-order valence-electron chi connectivity index (χ1n) is 6.76. The van der Waals surface area contributed by atoms with E-state index in [9.17, 15) is 4.79 Å². The second-order valence-electron chi connectivity index (χ2n) is 5.32. The molecule has 0 fully saturated rings. The molecule has 2 rings (SSSR count). The van der Waals surface area contributed by atoms with Crippen molar-refractivity contribution in [3.63, 3.8) is 0 Å². The third kappa shape index (κ3) is 3.80. The third-order valence-corrected chi connectivity index (χ3v) is 3.81. The van der Waals surface area contributed by atoms with E-state index in [2.05, 4.69) is 10.3 Å². The number of halogens is 2. The lowest BCUT2D eigenvalue weighted by Crippen LogP contribution is -2.28. The summed E-state index contributed by atoms with van der Waals surface area (Å²) >= 11 is 12.0. The predicted octanol–water partition coefficient (Wildman–Crippen LogP) is 3.09. The normalized spacial score (nSPS) is 11.3. The van der Waals surface area contributed by atoms with Crippen molar-refractivity contribution >= 4 is 46.1 Å². The van der Waals surface area contributed by atoms with Crippen molar-refractivity contribution in [2.75, 3.05) is 12.3 Å². The lowest BCUT2D eigenvalue weighted by Gasteiger charge is -2.09. The Bertz CT molecular complexity index is 667. The van der Waals surface area contributed by atoms with Gasteiger partial charge < -0.3 is 15.6 Å². The summed E-state index contributed by atoms with van der Waals surface area (Å²) in [7, 11) is 0. The number of hydrogen-bond acceptors (Lipinski definition) is 3. The molecule has 1 aromatic heterocycles. The summed E-state index contributed by atoms with van der Waals surface area (Å²) in [5, 5.41) is 3.75. The molecule has 2 aromatic rings. The summed E-state index contributed by atoms with van der Waals surface area (Å²) in [6, 6.07) is 3.39. The summed E-state index contributed by atoms with van der Waals surface area (Å²) in [6.07, 6.45) is 0.336. The molecule has 0 bridgehead atoms. The maximum atomic E-state index is 11.8. The van der Waals surface area contributed by atoms with E-state index < -0.39 is 0 Å². The Hall–Kier alpha value is -1.46. The molecule has 1 aromatic carbocycles. The highest BCUT2D eigenvalue weighted by atomic mass is 35.5. The van der Waals surface area contributed by atoms with Gasteiger partial charge in [-0.15, -0.1) is 0 Å². The lowest BCUT2D eigenvalue weighted by atomic mass is 10.2. The molecule has 21 heavy (non-hydrogen) atoms. The van der Waals surface area contributed by atoms with Crippen LogP contribution in [0.2, 0.25) is 10.0 Å². The van der Waals surface area contributed by atoms with E-state index in [0.29, 0.717) is 46.9 Å². The fourth-order valence-electron chi connectivity index (χ4n) is 1.99. The zero-order chi connectivity index (χ0) is 15.6. The number of benzene rings is 1. The van der Waals surface area contributed by atoms with Crippen LogP contribution in [0.1, 0.15) is 20.3 Å². The standard InChI is InChI=1S/C14H18Cl2N4O/c1-8(2)7-18-13(21)3-4-20-12-6-10(16)9(15)5-11(12)19-14(20)17/h5-6,8H,3-4,7H2,1-2H3,(H2,17,19)(H,18,21). The van der Waals surface area contributed by atoms with E-state index in [0.717, 1.165) is 5.52 Å². The number of imidazole rings is 1. The molecule has 0 saturated heterocycles. The molecule has 0 unspecified atom stereocenters. The first-order chi connectivity index (χ1) is 9.88. The number of hydrogen-bond donors (Lipinski definition) is 2. The van der Waals surface area contributed by atoms with Crippen LogP contribution in [0.4, 0.5) is 5.95 Å². The quantitative estimate of drug-likeness (QED) is 0.885. The van der Waals surface area contributed by atoms with E-state index in [1.807, 2.05) is 13.8 Å². The van der Waals surface area contributed by atoms with Gasteiger partial charge in [0.1, 0.15) is 0 Å². The fraction of sp³-hybridized carbons (Fsp3) is 0.429. The van der Waals surface area contributed by atoms with Crippen LogP contribution in [0.5, 0.6) is 0 Å². The topological polar surface area (TPSA) is 72.9 Å². The van der Waals surface area contributed by atoms with Crippen molar-refractivity contribution in [3.8, 4) is 0 Å². The van der Waals surface area contributed by atoms with Crippen LogP contribution in [-0.2, 0) is 11.3 Å². The van der Waals surface area contributed by atoms with Gasteiger partial charge in [-0.2, -0.15) is 0 Å². The van der Waals surface area contributed by atoms with Gasteiger partial charge in [-0.25, -0.2) is 4.98 Å². The predicted molar refractivity (Wildman–Crippen MR) is 86.6 cm³/mol. The van der Waals surface area contributed by atoms with Crippen molar-refractivity contribution in [1.82, 2.24) is 14.9 Å². The van der Waals surface area contributed by atoms with Crippen molar-refractivity contribution in [1.29, 1.82) is 0 Å². The number of nitrogens with two attached hydrogens (primary N) is 1. The summed E-state index contributed by atoms with van der Waals surface area (Å²) in [6.45, 7) is 5.21. The number of carbonyl (C=O) groups excluding carboxylic acids is 1. The molecule has 114 valence electrons. The van der Waals surface area contributed by atoms with Gasteiger partial charge in [-0.1, -0.05) is 37.0 Å². The van der Waals surface area contributed by atoms with Gasteiger partial charge in [0.05, 0.1) is 21.1 Å². The molecule has 5 nitrogen and oxygen atoms in total. The Morgan fingerprint density at radius 1 is 1.38 bits per heavy atom. The smallest absolute Gasteiger partial charge is 0.221 e. The van der Waals surface area contributed by atoms with Crippen LogP contribution >= 0.6 is 23.2 Å². The fourth-order valence-corrected chi connectivity index (χ4v) is 2.31. The molecular weight excluding hydrogens is 311 g/mol. The second-order valence-corrected chi connectivity index (χ2v) is 6.14. The number of anilines is 1. The van der Waals surface area contributed by atoms with Crippen molar-refractivity contribution in [2.45, 2.75) is 26.8 Å². The number of nitrogens with zero attached hydrogens (tertiary/aromatic N) is 2. The van der Waals surface area contributed by atoms with Crippen molar-refractivity contribution < 1.29 is 4.79 Å². The molecule has 0 spiro atoms. The summed E-state index contributed by atoms with van der Waals surface area (Å²) < 4.78 is 1.77. The molecule has 0 atom stereocenters. The first-order valence-corrected chi connectivity index (χ1v) is 7.51. The maximum absolute atomic E-state index is 11.8. The first kappa shape index (κ1) is 15.9. The highest BCUT2D eigenvalue weighted by molar-refractivity contribution is 6.42. The maximum Gasteiger partial charge on any atom is 0.221 e.